The Morgan fingerprint density at radius 1 is 1.20 bits per heavy atom. The summed E-state index contributed by atoms with van der Waals surface area (Å²) < 4.78 is 38.0. The number of rotatable bonds is 5. The van der Waals surface area contributed by atoms with E-state index in [-0.39, 0.29) is 6.61 Å². The minimum absolute atomic E-state index is 0.257. The lowest BCUT2D eigenvalue weighted by molar-refractivity contribution is -0.137. The van der Waals surface area contributed by atoms with Gasteiger partial charge < -0.3 is 10.4 Å². The van der Waals surface area contributed by atoms with Crippen molar-refractivity contribution in [3.05, 3.63) is 57.8 Å². The molecule has 1 aromatic heterocycles. The average Bonchev–Trinajstić information content (AvgIpc) is 2.92. The Morgan fingerprint density at radius 3 is 2.60 bits per heavy atom. The van der Waals surface area contributed by atoms with Gasteiger partial charge in [0, 0.05) is 11.4 Å². The van der Waals surface area contributed by atoms with Crippen molar-refractivity contribution in [3.8, 4) is 0 Å². The van der Waals surface area contributed by atoms with Crippen molar-refractivity contribution >= 4 is 11.3 Å². The molecule has 6 heteroatoms. The molecule has 0 bridgehead atoms. The van der Waals surface area contributed by atoms with E-state index in [0.717, 1.165) is 17.0 Å². The maximum Gasteiger partial charge on any atom is 0.416 e. The lowest BCUT2D eigenvalue weighted by atomic mass is 10.0. The van der Waals surface area contributed by atoms with Gasteiger partial charge in [-0.3, -0.25) is 0 Å². The van der Waals surface area contributed by atoms with Crippen LogP contribution in [0.25, 0.3) is 0 Å². The fourth-order valence-corrected chi connectivity index (χ4v) is 2.51. The van der Waals surface area contributed by atoms with Crippen LogP contribution in [0.15, 0.2) is 41.8 Å². The zero-order chi connectivity index (χ0) is 14.6. The zero-order valence-corrected chi connectivity index (χ0v) is 11.3. The van der Waals surface area contributed by atoms with Gasteiger partial charge in [-0.1, -0.05) is 18.2 Å². The van der Waals surface area contributed by atoms with Gasteiger partial charge in [0.25, 0.3) is 0 Å². The number of aliphatic hydroxyl groups excluding tert-OH is 1. The molecule has 20 heavy (non-hydrogen) atoms. The second kappa shape index (κ2) is 6.39. The van der Waals surface area contributed by atoms with Gasteiger partial charge in [0.15, 0.2) is 0 Å². The van der Waals surface area contributed by atoms with Crippen LogP contribution >= 0.6 is 11.3 Å². The third-order valence-corrected chi connectivity index (χ3v) is 3.78. The highest BCUT2D eigenvalue weighted by Crippen LogP contribution is 2.30. The van der Waals surface area contributed by atoms with Crippen molar-refractivity contribution in [3.63, 3.8) is 0 Å². The molecule has 0 aliphatic rings. The first-order valence-electron chi connectivity index (χ1n) is 6.04. The maximum absolute atomic E-state index is 12.7. The topological polar surface area (TPSA) is 32.3 Å². The Morgan fingerprint density at radius 2 is 2.00 bits per heavy atom. The normalized spacial score (nSPS) is 13.4. The fourth-order valence-electron chi connectivity index (χ4n) is 1.86. The molecule has 0 saturated carbocycles. The number of nitrogens with one attached hydrogen (secondary N) is 1. The Labute approximate surface area is 118 Å². The summed E-state index contributed by atoms with van der Waals surface area (Å²) in [4.78, 5) is 1.07. The summed E-state index contributed by atoms with van der Waals surface area (Å²) in [7, 11) is 0. The molecule has 1 aromatic carbocycles. The number of hydrogen-bond donors (Lipinski definition) is 2. The van der Waals surface area contributed by atoms with Crippen molar-refractivity contribution in [2.24, 2.45) is 0 Å². The van der Waals surface area contributed by atoms with Crippen LogP contribution in [-0.2, 0) is 12.7 Å². The van der Waals surface area contributed by atoms with Crippen LogP contribution < -0.4 is 5.32 Å². The molecule has 2 nitrogen and oxygen atoms in total. The summed E-state index contributed by atoms with van der Waals surface area (Å²) in [5.41, 5.74) is -0.273. The van der Waals surface area contributed by atoms with Crippen LogP contribution in [0.2, 0.25) is 0 Å². The smallest absolute Gasteiger partial charge is 0.394 e. The maximum atomic E-state index is 12.7. The molecule has 108 valence electrons. The molecular weight excluding hydrogens is 287 g/mol. The van der Waals surface area contributed by atoms with E-state index >= 15 is 0 Å². The van der Waals surface area contributed by atoms with Crippen LogP contribution in [0.5, 0.6) is 0 Å². The summed E-state index contributed by atoms with van der Waals surface area (Å²) >= 11 is 1.55. The van der Waals surface area contributed by atoms with E-state index in [1.54, 1.807) is 17.4 Å². The van der Waals surface area contributed by atoms with Crippen molar-refractivity contribution in [2.75, 3.05) is 6.61 Å². The van der Waals surface area contributed by atoms with Gasteiger partial charge in [0.2, 0.25) is 0 Å². The summed E-state index contributed by atoms with van der Waals surface area (Å²) in [6, 6.07) is 8.35. The molecule has 2 rings (SSSR count). The quantitative estimate of drug-likeness (QED) is 0.884. The van der Waals surface area contributed by atoms with E-state index in [0.29, 0.717) is 12.1 Å². The molecule has 0 aliphatic heterocycles. The second-order valence-electron chi connectivity index (χ2n) is 4.32. The molecule has 1 unspecified atom stereocenters. The summed E-state index contributed by atoms with van der Waals surface area (Å²) in [5.74, 6) is 0. The van der Waals surface area contributed by atoms with E-state index in [4.69, 9.17) is 0 Å². The highest BCUT2D eigenvalue weighted by molar-refractivity contribution is 7.09. The predicted molar refractivity (Wildman–Crippen MR) is 72.4 cm³/mol. The van der Waals surface area contributed by atoms with Gasteiger partial charge in [-0.25, -0.2) is 0 Å². The standard InChI is InChI=1S/C14H14F3NOS/c15-14(16,17)11-4-1-3-10(7-11)13(9-19)18-8-12-5-2-6-20-12/h1-7,13,18-19H,8-9H2. The van der Waals surface area contributed by atoms with E-state index < -0.39 is 17.8 Å². The van der Waals surface area contributed by atoms with Crippen LogP contribution in [0.1, 0.15) is 22.0 Å². The molecule has 0 spiro atoms. The van der Waals surface area contributed by atoms with E-state index in [2.05, 4.69) is 5.32 Å². The molecule has 0 fully saturated rings. The van der Waals surface area contributed by atoms with Crippen molar-refractivity contribution in [1.29, 1.82) is 0 Å². The van der Waals surface area contributed by atoms with E-state index in [1.807, 2.05) is 17.5 Å². The minimum atomic E-state index is -4.37. The number of halogens is 3. The summed E-state index contributed by atoms with van der Waals surface area (Å²) in [5, 5.41) is 14.3. The number of benzene rings is 1. The van der Waals surface area contributed by atoms with Gasteiger partial charge in [-0.05, 0) is 29.1 Å². The number of aliphatic hydroxyl groups is 1. The van der Waals surface area contributed by atoms with Crippen LogP contribution in [0.4, 0.5) is 13.2 Å². The molecule has 1 atom stereocenters. The van der Waals surface area contributed by atoms with Gasteiger partial charge in [0.05, 0.1) is 18.2 Å². The van der Waals surface area contributed by atoms with Crippen LogP contribution in [-0.4, -0.2) is 11.7 Å². The first-order valence-corrected chi connectivity index (χ1v) is 6.92. The van der Waals surface area contributed by atoms with Gasteiger partial charge >= 0.3 is 6.18 Å². The third-order valence-electron chi connectivity index (χ3n) is 2.90. The highest BCUT2D eigenvalue weighted by atomic mass is 32.1. The highest BCUT2D eigenvalue weighted by Gasteiger charge is 2.30. The molecule has 0 amide bonds. The Balaban J connectivity index is 2.11. The van der Waals surface area contributed by atoms with E-state index in [1.165, 1.54) is 6.07 Å². The van der Waals surface area contributed by atoms with Crippen molar-refractivity contribution in [1.82, 2.24) is 5.32 Å². The molecule has 0 saturated heterocycles. The summed E-state index contributed by atoms with van der Waals surface area (Å²) in [6.07, 6.45) is -4.37. The minimum Gasteiger partial charge on any atom is -0.394 e. The van der Waals surface area contributed by atoms with Crippen molar-refractivity contribution < 1.29 is 18.3 Å². The summed E-state index contributed by atoms with van der Waals surface area (Å²) in [6.45, 7) is 0.256. The van der Waals surface area contributed by atoms with E-state index in [9.17, 15) is 18.3 Å². The molecule has 2 N–H and O–H groups in total. The van der Waals surface area contributed by atoms with Crippen LogP contribution in [0.3, 0.4) is 0 Å². The SMILES string of the molecule is OCC(NCc1cccs1)c1cccc(C(F)(F)F)c1. The number of hydrogen-bond acceptors (Lipinski definition) is 3. The number of thiophene rings is 1. The Bertz CT molecular complexity index is 540. The third kappa shape index (κ3) is 3.82. The monoisotopic (exact) mass is 301 g/mol. The van der Waals surface area contributed by atoms with Crippen molar-refractivity contribution in [2.45, 2.75) is 18.8 Å². The molecule has 2 aromatic rings. The molecule has 0 radical (unpaired) electrons. The lowest BCUT2D eigenvalue weighted by Gasteiger charge is -2.17. The zero-order valence-electron chi connectivity index (χ0n) is 10.5. The largest absolute Gasteiger partial charge is 0.416 e. The van der Waals surface area contributed by atoms with Gasteiger partial charge in [0.1, 0.15) is 0 Å². The Hall–Kier alpha value is -1.37. The van der Waals surface area contributed by atoms with Gasteiger partial charge in [-0.15, -0.1) is 11.3 Å². The van der Waals surface area contributed by atoms with Crippen LogP contribution in [0, 0.1) is 0 Å². The number of alkyl halides is 3. The fraction of sp³-hybridized carbons (Fsp3) is 0.286. The molecule has 1 heterocycles. The average molecular weight is 301 g/mol. The first-order chi connectivity index (χ1) is 9.50. The lowest BCUT2D eigenvalue weighted by Crippen LogP contribution is -2.24. The molecule has 0 aliphatic carbocycles. The first kappa shape index (κ1) is 15.0. The Kier molecular flexibility index (Phi) is 4.80. The van der Waals surface area contributed by atoms with Gasteiger partial charge in [-0.2, -0.15) is 13.2 Å². The second-order valence-corrected chi connectivity index (χ2v) is 5.35. The predicted octanol–water partition coefficient (Wildman–Crippen LogP) is 3.59. The molecular formula is C14H14F3NOS.